The highest BCUT2D eigenvalue weighted by atomic mass is 16.5. The molecule has 5 nitrogen and oxygen atoms in total. The minimum atomic E-state index is 0.555. The number of likely N-dealkylation sites (N-methyl/N-ethyl adjacent to an activating group) is 1. The predicted octanol–water partition coefficient (Wildman–Crippen LogP) is 1.93. The number of pyridine rings is 1. The highest BCUT2D eigenvalue weighted by Gasteiger charge is 2.24. The third-order valence-electron chi connectivity index (χ3n) is 4.31. The predicted molar refractivity (Wildman–Crippen MR) is 79.7 cm³/mol. The van der Waals surface area contributed by atoms with Gasteiger partial charge in [-0.1, -0.05) is 6.07 Å². The summed E-state index contributed by atoms with van der Waals surface area (Å²) in [5, 5.41) is 4.38. The molecule has 0 spiro atoms. The van der Waals surface area contributed by atoms with Gasteiger partial charge in [0.1, 0.15) is 18.8 Å². The van der Waals surface area contributed by atoms with Crippen LogP contribution >= 0.6 is 0 Å². The van der Waals surface area contributed by atoms with Crippen LogP contribution in [0.25, 0.3) is 5.52 Å². The Labute approximate surface area is 119 Å². The Balaban J connectivity index is 1.63. The van der Waals surface area contributed by atoms with Crippen molar-refractivity contribution in [2.45, 2.75) is 19.3 Å². The van der Waals surface area contributed by atoms with E-state index in [-0.39, 0.29) is 0 Å². The maximum absolute atomic E-state index is 6.08. The summed E-state index contributed by atoms with van der Waals surface area (Å²) in [6.07, 6.45) is 5.91. The normalized spacial score (nSPS) is 18.2. The van der Waals surface area contributed by atoms with Crippen LogP contribution in [0.1, 0.15) is 19.3 Å². The summed E-state index contributed by atoms with van der Waals surface area (Å²) in [6.45, 7) is 4.20. The first kappa shape index (κ1) is 13.2. The van der Waals surface area contributed by atoms with Crippen LogP contribution in [0.2, 0.25) is 0 Å². The van der Waals surface area contributed by atoms with Crippen molar-refractivity contribution in [3.8, 4) is 5.88 Å². The molecule has 0 aliphatic carbocycles. The second-order valence-electron chi connectivity index (χ2n) is 5.95. The van der Waals surface area contributed by atoms with Crippen molar-refractivity contribution in [1.82, 2.24) is 9.61 Å². The lowest BCUT2D eigenvalue weighted by Gasteiger charge is -2.37. The number of fused-ring (bicyclic) bond motifs is 1. The van der Waals surface area contributed by atoms with Crippen molar-refractivity contribution in [3.63, 3.8) is 0 Å². The first-order chi connectivity index (χ1) is 9.68. The molecule has 3 rings (SSSR count). The smallest absolute Gasteiger partial charge is 0.257 e. The van der Waals surface area contributed by atoms with Crippen LogP contribution in [-0.4, -0.2) is 47.4 Å². The van der Waals surface area contributed by atoms with Crippen molar-refractivity contribution in [2.24, 2.45) is 0 Å². The standard InChI is InChI=1S/C15H23N4O/c1-19(9-5-2-6-10-19)11-12-20-15-14(16)13-7-3-4-8-18(13)17-15/h3-4,7-8H,2,5-6,9-12,16H2,1H3/q+1. The topological polar surface area (TPSA) is 52.5 Å². The monoisotopic (exact) mass is 275 g/mol. The number of nitrogens with two attached hydrogens (primary N) is 1. The number of anilines is 1. The van der Waals surface area contributed by atoms with Crippen LogP contribution in [0.3, 0.4) is 0 Å². The third kappa shape index (κ3) is 2.58. The molecule has 0 amide bonds. The second-order valence-corrected chi connectivity index (χ2v) is 5.95. The van der Waals surface area contributed by atoms with E-state index < -0.39 is 0 Å². The van der Waals surface area contributed by atoms with Crippen molar-refractivity contribution in [3.05, 3.63) is 24.4 Å². The van der Waals surface area contributed by atoms with Crippen molar-refractivity contribution in [1.29, 1.82) is 0 Å². The summed E-state index contributed by atoms with van der Waals surface area (Å²) in [5.74, 6) is 0.555. The number of nitrogen functional groups attached to an aromatic ring is 1. The zero-order valence-corrected chi connectivity index (χ0v) is 12.1. The first-order valence-corrected chi connectivity index (χ1v) is 7.37. The number of likely N-dealkylation sites (tertiary alicyclic amines) is 1. The minimum absolute atomic E-state index is 0.555. The molecule has 1 fully saturated rings. The van der Waals surface area contributed by atoms with Gasteiger partial charge in [-0.25, -0.2) is 4.52 Å². The van der Waals surface area contributed by atoms with E-state index in [1.807, 2.05) is 24.4 Å². The number of piperidine rings is 1. The van der Waals surface area contributed by atoms with Crippen molar-refractivity contribution in [2.75, 3.05) is 39.0 Å². The van der Waals surface area contributed by atoms with Gasteiger partial charge in [-0.2, -0.15) is 0 Å². The molecule has 2 aromatic rings. The van der Waals surface area contributed by atoms with Crippen LogP contribution in [-0.2, 0) is 0 Å². The molecule has 108 valence electrons. The molecule has 0 saturated carbocycles. The molecule has 3 heterocycles. The molecular weight excluding hydrogens is 252 g/mol. The van der Waals surface area contributed by atoms with E-state index in [2.05, 4.69) is 12.1 Å². The van der Waals surface area contributed by atoms with E-state index in [0.717, 1.165) is 16.5 Å². The fraction of sp³-hybridized carbons (Fsp3) is 0.533. The lowest BCUT2D eigenvalue weighted by Crippen LogP contribution is -2.50. The Bertz CT molecular complexity index is 587. The van der Waals surface area contributed by atoms with E-state index in [4.69, 9.17) is 10.5 Å². The van der Waals surface area contributed by atoms with Gasteiger partial charge in [0.2, 0.25) is 0 Å². The SMILES string of the molecule is C[N+]1(CCOc2nn3ccccc3c2N)CCCCC1. The first-order valence-electron chi connectivity index (χ1n) is 7.37. The Hall–Kier alpha value is -1.75. The maximum atomic E-state index is 6.08. The van der Waals surface area contributed by atoms with E-state index in [0.29, 0.717) is 18.2 Å². The van der Waals surface area contributed by atoms with Gasteiger partial charge < -0.3 is 15.0 Å². The largest absolute Gasteiger partial charge is 0.469 e. The Morgan fingerprint density at radius 3 is 2.85 bits per heavy atom. The Morgan fingerprint density at radius 1 is 1.30 bits per heavy atom. The third-order valence-corrected chi connectivity index (χ3v) is 4.31. The number of hydrogen-bond acceptors (Lipinski definition) is 3. The number of nitrogens with zero attached hydrogens (tertiary/aromatic N) is 3. The molecule has 0 aromatic carbocycles. The highest BCUT2D eigenvalue weighted by molar-refractivity contribution is 5.74. The van der Waals surface area contributed by atoms with Crippen molar-refractivity contribution >= 4 is 11.2 Å². The summed E-state index contributed by atoms with van der Waals surface area (Å²) in [5.41, 5.74) is 7.61. The number of hydrogen-bond donors (Lipinski definition) is 1. The number of aromatic nitrogens is 2. The molecule has 1 saturated heterocycles. The molecule has 0 atom stereocenters. The van der Waals surface area contributed by atoms with E-state index >= 15 is 0 Å². The van der Waals surface area contributed by atoms with Gasteiger partial charge in [0.05, 0.1) is 25.7 Å². The van der Waals surface area contributed by atoms with E-state index in [1.165, 1.54) is 32.4 Å². The number of rotatable bonds is 4. The number of quaternary nitrogens is 1. The molecule has 0 unspecified atom stereocenters. The van der Waals surface area contributed by atoms with Gasteiger partial charge in [-0.15, -0.1) is 5.10 Å². The zero-order valence-electron chi connectivity index (χ0n) is 12.1. The Morgan fingerprint density at radius 2 is 2.10 bits per heavy atom. The highest BCUT2D eigenvalue weighted by Crippen LogP contribution is 2.25. The van der Waals surface area contributed by atoms with Gasteiger partial charge in [-0.05, 0) is 31.4 Å². The molecule has 2 aromatic heterocycles. The summed E-state index contributed by atoms with van der Waals surface area (Å²) < 4.78 is 8.69. The molecule has 1 aliphatic heterocycles. The van der Waals surface area contributed by atoms with Gasteiger partial charge in [0, 0.05) is 6.20 Å². The lowest BCUT2D eigenvalue weighted by molar-refractivity contribution is -0.914. The molecule has 0 bridgehead atoms. The van der Waals surface area contributed by atoms with Gasteiger partial charge >= 0.3 is 0 Å². The zero-order chi connectivity index (χ0) is 14.0. The van der Waals surface area contributed by atoms with Crippen LogP contribution in [0.4, 0.5) is 5.69 Å². The van der Waals surface area contributed by atoms with Crippen LogP contribution in [0.5, 0.6) is 5.88 Å². The molecule has 20 heavy (non-hydrogen) atoms. The van der Waals surface area contributed by atoms with Crippen molar-refractivity contribution < 1.29 is 9.22 Å². The van der Waals surface area contributed by atoms with Crippen LogP contribution in [0, 0.1) is 0 Å². The average Bonchev–Trinajstić information content (AvgIpc) is 2.77. The summed E-state index contributed by atoms with van der Waals surface area (Å²) >= 11 is 0. The molecule has 0 radical (unpaired) electrons. The quantitative estimate of drug-likeness (QED) is 0.867. The maximum Gasteiger partial charge on any atom is 0.257 e. The van der Waals surface area contributed by atoms with E-state index in [9.17, 15) is 0 Å². The van der Waals surface area contributed by atoms with Crippen LogP contribution in [0.15, 0.2) is 24.4 Å². The Kier molecular flexibility index (Phi) is 3.53. The number of ether oxygens (including phenoxy) is 1. The molecule has 1 aliphatic rings. The minimum Gasteiger partial charge on any atom is -0.469 e. The van der Waals surface area contributed by atoms with Gasteiger partial charge in [0.25, 0.3) is 5.88 Å². The van der Waals surface area contributed by atoms with Crippen LogP contribution < -0.4 is 10.5 Å². The van der Waals surface area contributed by atoms with Gasteiger partial charge in [-0.3, -0.25) is 0 Å². The van der Waals surface area contributed by atoms with E-state index in [1.54, 1.807) is 4.52 Å². The lowest BCUT2D eigenvalue weighted by atomic mass is 10.1. The van der Waals surface area contributed by atoms with Gasteiger partial charge in [0.15, 0.2) is 0 Å². The fourth-order valence-electron chi connectivity index (χ4n) is 2.96. The molecule has 2 N–H and O–H groups in total. The summed E-state index contributed by atoms with van der Waals surface area (Å²) in [4.78, 5) is 0. The molecule has 5 heteroatoms. The second kappa shape index (κ2) is 5.32. The molecular formula is C15H23N4O+. The summed E-state index contributed by atoms with van der Waals surface area (Å²) in [7, 11) is 2.32. The average molecular weight is 275 g/mol. The fourth-order valence-corrected chi connectivity index (χ4v) is 2.96. The summed E-state index contributed by atoms with van der Waals surface area (Å²) in [6, 6.07) is 5.84.